The van der Waals surface area contributed by atoms with Crippen molar-refractivity contribution in [2.45, 2.75) is 13.0 Å². The summed E-state index contributed by atoms with van der Waals surface area (Å²) in [7, 11) is 0. The first-order valence-corrected chi connectivity index (χ1v) is 7.04. The third-order valence-electron chi connectivity index (χ3n) is 3.54. The van der Waals surface area contributed by atoms with E-state index in [4.69, 9.17) is 0 Å². The van der Waals surface area contributed by atoms with E-state index in [1.165, 1.54) is 17.7 Å². The fraction of sp³-hybridized carbons (Fsp3) is 0.118. The van der Waals surface area contributed by atoms with Gasteiger partial charge in [0, 0.05) is 36.6 Å². The van der Waals surface area contributed by atoms with Gasteiger partial charge in [-0.2, -0.15) is 0 Å². The lowest BCUT2D eigenvalue weighted by atomic mass is 10.1. The fourth-order valence-corrected chi connectivity index (χ4v) is 2.38. The maximum Gasteiger partial charge on any atom is 0.269 e. The predicted octanol–water partition coefficient (Wildman–Crippen LogP) is 3.70. The van der Waals surface area contributed by atoms with Crippen molar-refractivity contribution < 1.29 is 4.92 Å². The minimum Gasteiger partial charge on any atom is -0.331 e. The van der Waals surface area contributed by atoms with Crippen LogP contribution in [0.3, 0.4) is 0 Å². The van der Waals surface area contributed by atoms with Crippen LogP contribution in [-0.4, -0.2) is 14.5 Å². The minimum atomic E-state index is -0.397. The van der Waals surface area contributed by atoms with Crippen molar-refractivity contribution in [2.24, 2.45) is 0 Å². The van der Waals surface area contributed by atoms with E-state index >= 15 is 0 Å². The molecular weight excluding hydrogens is 278 g/mol. The van der Waals surface area contributed by atoms with Crippen LogP contribution in [0, 0.1) is 10.1 Å². The molecule has 0 unspecified atom stereocenters. The monoisotopic (exact) mass is 293 g/mol. The lowest BCUT2D eigenvalue weighted by Gasteiger charge is -2.08. The lowest BCUT2D eigenvalue weighted by Crippen LogP contribution is -2.02. The molecular formula is C17H15N3O2. The largest absolute Gasteiger partial charge is 0.331 e. The fourth-order valence-electron chi connectivity index (χ4n) is 2.38. The Bertz CT molecular complexity index is 764. The molecule has 0 N–H and O–H groups in total. The molecule has 0 radical (unpaired) electrons. The molecule has 1 heterocycles. The van der Waals surface area contributed by atoms with Crippen LogP contribution in [0.25, 0.3) is 11.4 Å². The summed E-state index contributed by atoms with van der Waals surface area (Å²) in [5.41, 5.74) is 2.24. The molecule has 5 nitrogen and oxygen atoms in total. The highest BCUT2D eigenvalue weighted by Gasteiger charge is 2.09. The Morgan fingerprint density at radius 1 is 1.05 bits per heavy atom. The Hall–Kier alpha value is -2.95. The van der Waals surface area contributed by atoms with E-state index in [-0.39, 0.29) is 5.69 Å². The predicted molar refractivity (Wildman–Crippen MR) is 84.5 cm³/mol. The van der Waals surface area contributed by atoms with Crippen LogP contribution >= 0.6 is 0 Å². The average Bonchev–Trinajstić information content (AvgIpc) is 3.02. The van der Waals surface area contributed by atoms with Gasteiger partial charge in [-0.3, -0.25) is 10.1 Å². The van der Waals surface area contributed by atoms with Crippen LogP contribution in [0.5, 0.6) is 0 Å². The van der Waals surface area contributed by atoms with Crippen LogP contribution in [-0.2, 0) is 13.0 Å². The summed E-state index contributed by atoms with van der Waals surface area (Å²) in [6.45, 7) is 0.816. The molecule has 0 saturated heterocycles. The molecule has 1 aromatic heterocycles. The molecule has 0 amide bonds. The van der Waals surface area contributed by atoms with Crippen molar-refractivity contribution >= 4 is 5.69 Å². The first-order chi connectivity index (χ1) is 10.7. The third kappa shape index (κ3) is 3.03. The molecule has 0 fully saturated rings. The normalized spacial score (nSPS) is 10.5. The van der Waals surface area contributed by atoms with Gasteiger partial charge in [-0.15, -0.1) is 0 Å². The molecule has 3 rings (SSSR count). The smallest absolute Gasteiger partial charge is 0.269 e. The molecule has 0 aliphatic carbocycles. The summed E-state index contributed by atoms with van der Waals surface area (Å²) in [6, 6.07) is 16.7. The number of non-ortho nitro benzene ring substituents is 1. The maximum absolute atomic E-state index is 10.7. The van der Waals surface area contributed by atoms with Crippen LogP contribution in [0.15, 0.2) is 67.0 Å². The Labute approximate surface area is 128 Å². The van der Waals surface area contributed by atoms with Crippen molar-refractivity contribution in [3.8, 4) is 11.4 Å². The van der Waals surface area contributed by atoms with Crippen LogP contribution in [0.1, 0.15) is 5.56 Å². The highest BCUT2D eigenvalue weighted by molar-refractivity contribution is 5.57. The van der Waals surface area contributed by atoms with Gasteiger partial charge in [0.25, 0.3) is 5.69 Å². The summed E-state index contributed by atoms with van der Waals surface area (Å²) in [5, 5.41) is 10.7. The second kappa shape index (κ2) is 6.22. The number of nitro groups is 1. The number of imidazole rings is 1. The standard InChI is InChI=1S/C17H15N3O2/c21-20(22)16-8-6-15(7-9-16)17-18-11-13-19(17)12-10-14-4-2-1-3-5-14/h1-9,11,13H,10,12H2. The number of hydrogen-bond acceptors (Lipinski definition) is 3. The summed E-state index contributed by atoms with van der Waals surface area (Å²) in [6.07, 6.45) is 4.60. The Balaban J connectivity index is 1.78. The average molecular weight is 293 g/mol. The molecule has 2 aromatic carbocycles. The number of rotatable bonds is 5. The van der Waals surface area contributed by atoms with E-state index in [0.717, 1.165) is 24.4 Å². The van der Waals surface area contributed by atoms with E-state index in [1.54, 1.807) is 18.3 Å². The van der Waals surface area contributed by atoms with E-state index in [0.29, 0.717) is 0 Å². The summed E-state index contributed by atoms with van der Waals surface area (Å²) < 4.78 is 2.06. The SMILES string of the molecule is O=[N+]([O-])c1ccc(-c2nccn2CCc2ccccc2)cc1. The zero-order valence-corrected chi connectivity index (χ0v) is 11.9. The second-order valence-corrected chi connectivity index (χ2v) is 4.98. The zero-order chi connectivity index (χ0) is 15.4. The molecule has 0 bridgehead atoms. The van der Waals surface area contributed by atoms with Gasteiger partial charge in [0.15, 0.2) is 0 Å². The van der Waals surface area contributed by atoms with E-state index in [2.05, 4.69) is 21.7 Å². The molecule has 0 atom stereocenters. The Morgan fingerprint density at radius 3 is 2.45 bits per heavy atom. The molecule has 5 heteroatoms. The molecule has 22 heavy (non-hydrogen) atoms. The van der Waals surface area contributed by atoms with Gasteiger partial charge in [0.1, 0.15) is 5.82 Å². The first kappa shape index (κ1) is 14.0. The first-order valence-electron chi connectivity index (χ1n) is 7.04. The molecule has 0 saturated carbocycles. The number of nitrogens with zero attached hydrogens (tertiary/aromatic N) is 3. The third-order valence-corrected chi connectivity index (χ3v) is 3.54. The molecule has 110 valence electrons. The van der Waals surface area contributed by atoms with Crippen LogP contribution in [0.2, 0.25) is 0 Å². The highest BCUT2D eigenvalue weighted by atomic mass is 16.6. The van der Waals surface area contributed by atoms with Crippen LogP contribution < -0.4 is 0 Å². The van der Waals surface area contributed by atoms with Crippen LogP contribution in [0.4, 0.5) is 5.69 Å². The summed E-state index contributed by atoms with van der Waals surface area (Å²) in [4.78, 5) is 14.7. The number of hydrogen-bond donors (Lipinski definition) is 0. The molecule has 3 aromatic rings. The van der Waals surface area contributed by atoms with Crippen molar-refractivity contribution in [1.82, 2.24) is 9.55 Å². The van der Waals surface area contributed by atoms with Gasteiger partial charge in [-0.25, -0.2) is 4.98 Å². The van der Waals surface area contributed by atoms with Crippen molar-refractivity contribution in [1.29, 1.82) is 0 Å². The highest BCUT2D eigenvalue weighted by Crippen LogP contribution is 2.21. The Morgan fingerprint density at radius 2 is 1.77 bits per heavy atom. The maximum atomic E-state index is 10.7. The van der Waals surface area contributed by atoms with Gasteiger partial charge in [-0.1, -0.05) is 30.3 Å². The van der Waals surface area contributed by atoms with Gasteiger partial charge >= 0.3 is 0 Å². The topological polar surface area (TPSA) is 61.0 Å². The quantitative estimate of drug-likeness (QED) is 0.532. The second-order valence-electron chi connectivity index (χ2n) is 4.98. The summed E-state index contributed by atoms with van der Waals surface area (Å²) >= 11 is 0. The number of aryl methyl sites for hydroxylation is 2. The summed E-state index contributed by atoms with van der Waals surface area (Å²) in [5.74, 6) is 0.825. The van der Waals surface area contributed by atoms with Crippen molar-refractivity contribution in [3.63, 3.8) is 0 Å². The van der Waals surface area contributed by atoms with E-state index in [1.807, 2.05) is 24.4 Å². The number of aromatic nitrogens is 2. The molecule has 0 aliphatic rings. The van der Waals surface area contributed by atoms with Gasteiger partial charge < -0.3 is 4.57 Å². The number of benzene rings is 2. The van der Waals surface area contributed by atoms with Gasteiger partial charge in [0.05, 0.1) is 4.92 Å². The zero-order valence-electron chi connectivity index (χ0n) is 11.9. The van der Waals surface area contributed by atoms with Crippen molar-refractivity contribution in [3.05, 3.63) is 82.7 Å². The van der Waals surface area contributed by atoms with Gasteiger partial charge in [-0.05, 0) is 24.1 Å². The molecule has 0 aliphatic heterocycles. The van der Waals surface area contributed by atoms with E-state index < -0.39 is 4.92 Å². The van der Waals surface area contributed by atoms with E-state index in [9.17, 15) is 10.1 Å². The lowest BCUT2D eigenvalue weighted by molar-refractivity contribution is -0.384. The van der Waals surface area contributed by atoms with Crippen molar-refractivity contribution in [2.75, 3.05) is 0 Å². The number of nitro benzene ring substituents is 1. The van der Waals surface area contributed by atoms with Gasteiger partial charge in [0.2, 0.25) is 0 Å². The Kier molecular flexibility index (Phi) is 3.96. The minimum absolute atomic E-state index is 0.0890. The molecule has 0 spiro atoms.